The van der Waals surface area contributed by atoms with Crippen LogP contribution < -0.4 is 4.90 Å². The van der Waals surface area contributed by atoms with Crippen molar-refractivity contribution in [3.05, 3.63) is 17.6 Å². The number of aryl methyl sites for hydroxylation is 1. The summed E-state index contributed by atoms with van der Waals surface area (Å²) in [5.74, 6) is 1.16. The molecular weight excluding hydrogens is 240 g/mol. The van der Waals surface area contributed by atoms with E-state index in [1.54, 1.807) is 11.2 Å². The van der Waals surface area contributed by atoms with Crippen LogP contribution in [-0.4, -0.2) is 47.5 Å². The van der Waals surface area contributed by atoms with E-state index in [1.165, 1.54) is 24.1 Å². The van der Waals surface area contributed by atoms with Crippen LogP contribution in [0.4, 0.5) is 5.82 Å². The van der Waals surface area contributed by atoms with Crippen LogP contribution in [0.3, 0.4) is 0 Å². The third-order valence-electron chi connectivity index (χ3n) is 4.30. The molecule has 5 nitrogen and oxygen atoms in total. The minimum atomic E-state index is -0.0640. The molecular formula is C14H20N4O. The lowest BCUT2D eigenvalue weighted by atomic mass is 9.96. The number of likely N-dealkylation sites (tertiary alicyclic amines) is 1. The zero-order valence-electron chi connectivity index (χ0n) is 11.6. The lowest BCUT2D eigenvalue weighted by Crippen LogP contribution is -2.39. The Morgan fingerprint density at radius 3 is 2.84 bits per heavy atom. The fraction of sp³-hybridized carbons (Fsp3) is 0.643. The Kier molecular flexibility index (Phi) is 3.12. The molecule has 1 aromatic rings. The number of aromatic nitrogens is 2. The van der Waals surface area contributed by atoms with E-state index < -0.39 is 0 Å². The van der Waals surface area contributed by atoms with Gasteiger partial charge in [-0.3, -0.25) is 4.79 Å². The highest BCUT2D eigenvalue weighted by Gasteiger charge is 2.34. The molecule has 1 aliphatic heterocycles. The summed E-state index contributed by atoms with van der Waals surface area (Å²) in [7, 11) is 3.85. The molecule has 2 aliphatic rings. The molecule has 1 atom stereocenters. The molecule has 2 heterocycles. The van der Waals surface area contributed by atoms with Crippen LogP contribution in [0.1, 0.15) is 30.5 Å². The second-order valence-electron chi connectivity index (χ2n) is 5.50. The molecule has 1 amide bonds. The number of hydrogen-bond donors (Lipinski definition) is 0. The number of nitrogens with zero attached hydrogens (tertiary/aromatic N) is 4. The highest BCUT2D eigenvalue weighted by atomic mass is 16.2. The molecule has 1 fully saturated rings. The molecule has 1 saturated heterocycles. The molecule has 1 unspecified atom stereocenters. The zero-order chi connectivity index (χ0) is 13.4. The van der Waals surface area contributed by atoms with Crippen molar-refractivity contribution in [3.63, 3.8) is 0 Å². The highest BCUT2D eigenvalue weighted by Crippen LogP contribution is 2.29. The van der Waals surface area contributed by atoms with Crippen molar-refractivity contribution >= 4 is 11.7 Å². The molecule has 1 aromatic heterocycles. The van der Waals surface area contributed by atoms with Crippen molar-refractivity contribution in [1.82, 2.24) is 14.9 Å². The van der Waals surface area contributed by atoms with E-state index in [-0.39, 0.29) is 11.9 Å². The van der Waals surface area contributed by atoms with Crippen molar-refractivity contribution in [2.75, 3.05) is 25.5 Å². The van der Waals surface area contributed by atoms with E-state index in [9.17, 15) is 4.79 Å². The average Bonchev–Trinajstić information content (AvgIpc) is 2.78. The average molecular weight is 260 g/mol. The van der Waals surface area contributed by atoms with Crippen LogP contribution in [0.15, 0.2) is 6.33 Å². The van der Waals surface area contributed by atoms with Gasteiger partial charge in [-0.05, 0) is 32.1 Å². The summed E-state index contributed by atoms with van der Waals surface area (Å²) in [4.78, 5) is 24.8. The maximum atomic E-state index is 12.1. The minimum Gasteiger partial charge on any atom is -0.347 e. The van der Waals surface area contributed by atoms with E-state index in [0.29, 0.717) is 0 Å². The molecule has 0 spiro atoms. The second-order valence-corrected chi connectivity index (χ2v) is 5.50. The van der Waals surface area contributed by atoms with E-state index in [2.05, 4.69) is 14.9 Å². The highest BCUT2D eigenvalue weighted by molar-refractivity contribution is 5.87. The fourth-order valence-electron chi connectivity index (χ4n) is 3.12. The number of likely N-dealkylation sites (N-methyl/N-ethyl adjacent to an activating group) is 2. The number of fused-ring (bicyclic) bond motifs is 1. The molecule has 19 heavy (non-hydrogen) atoms. The molecule has 0 radical (unpaired) electrons. The smallest absolute Gasteiger partial charge is 0.245 e. The number of carbonyl (C=O) groups excluding carboxylic acids is 1. The monoisotopic (exact) mass is 260 g/mol. The number of hydrogen-bond acceptors (Lipinski definition) is 4. The van der Waals surface area contributed by atoms with Crippen LogP contribution in [0.25, 0.3) is 0 Å². The predicted octanol–water partition coefficient (Wildman–Crippen LogP) is 1.02. The van der Waals surface area contributed by atoms with E-state index in [4.69, 9.17) is 0 Å². The Hall–Kier alpha value is -1.65. The summed E-state index contributed by atoms with van der Waals surface area (Å²) in [6, 6.07) is -0.0640. The van der Waals surface area contributed by atoms with Crippen molar-refractivity contribution in [1.29, 1.82) is 0 Å². The number of rotatable bonds is 2. The molecule has 0 saturated carbocycles. The summed E-state index contributed by atoms with van der Waals surface area (Å²) in [5, 5.41) is 0. The topological polar surface area (TPSA) is 49.3 Å². The minimum absolute atomic E-state index is 0.0640. The molecule has 0 N–H and O–H groups in total. The van der Waals surface area contributed by atoms with Crippen molar-refractivity contribution in [3.8, 4) is 0 Å². The van der Waals surface area contributed by atoms with Crippen molar-refractivity contribution < 1.29 is 4.79 Å². The fourth-order valence-corrected chi connectivity index (χ4v) is 3.12. The Morgan fingerprint density at radius 1 is 1.32 bits per heavy atom. The first-order valence-corrected chi connectivity index (χ1v) is 6.99. The van der Waals surface area contributed by atoms with Gasteiger partial charge in [0, 0.05) is 31.9 Å². The SMILES string of the molecule is CN1CCC(N(C)c2ncnc3c2CCCC3)C1=O. The van der Waals surface area contributed by atoms with Crippen molar-refractivity contribution in [2.45, 2.75) is 38.1 Å². The van der Waals surface area contributed by atoms with Crippen LogP contribution in [-0.2, 0) is 17.6 Å². The van der Waals surface area contributed by atoms with Gasteiger partial charge in [-0.25, -0.2) is 9.97 Å². The van der Waals surface area contributed by atoms with Gasteiger partial charge in [0.05, 0.1) is 0 Å². The molecule has 3 rings (SSSR count). The molecule has 0 aromatic carbocycles. The zero-order valence-corrected chi connectivity index (χ0v) is 11.6. The number of carbonyl (C=O) groups is 1. The summed E-state index contributed by atoms with van der Waals surface area (Å²) in [6.07, 6.45) is 6.99. The van der Waals surface area contributed by atoms with Gasteiger partial charge in [-0.2, -0.15) is 0 Å². The van der Waals surface area contributed by atoms with Gasteiger partial charge in [0.15, 0.2) is 0 Å². The lowest BCUT2D eigenvalue weighted by Gasteiger charge is -2.28. The first-order chi connectivity index (χ1) is 9.18. The van der Waals surface area contributed by atoms with Crippen LogP contribution >= 0.6 is 0 Å². The summed E-state index contributed by atoms with van der Waals surface area (Å²) in [5.41, 5.74) is 2.42. The number of amides is 1. The van der Waals surface area contributed by atoms with Gasteiger partial charge in [0.2, 0.25) is 5.91 Å². The van der Waals surface area contributed by atoms with Crippen LogP contribution in [0.2, 0.25) is 0 Å². The Labute approximate surface area is 113 Å². The predicted molar refractivity (Wildman–Crippen MR) is 73.1 cm³/mol. The normalized spacial score (nSPS) is 22.5. The first-order valence-electron chi connectivity index (χ1n) is 6.99. The molecule has 102 valence electrons. The van der Waals surface area contributed by atoms with Gasteiger partial charge in [0.1, 0.15) is 18.2 Å². The van der Waals surface area contributed by atoms with Gasteiger partial charge in [0.25, 0.3) is 0 Å². The maximum Gasteiger partial charge on any atom is 0.245 e. The largest absolute Gasteiger partial charge is 0.347 e. The maximum absolute atomic E-state index is 12.1. The molecule has 5 heteroatoms. The summed E-state index contributed by atoms with van der Waals surface area (Å²) < 4.78 is 0. The Morgan fingerprint density at radius 2 is 2.11 bits per heavy atom. The van der Waals surface area contributed by atoms with E-state index in [0.717, 1.165) is 31.6 Å². The quantitative estimate of drug-likeness (QED) is 0.796. The third kappa shape index (κ3) is 2.07. The Bertz CT molecular complexity index is 502. The summed E-state index contributed by atoms with van der Waals surface area (Å²) in [6.45, 7) is 0.834. The lowest BCUT2D eigenvalue weighted by molar-refractivity contribution is -0.127. The van der Waals surface area contributed by atoms with Gasteiger partial charge >= 0.3 is 0 Å². The number of anilines is 1. The Balaban J connectivity index is 1.92. The van der Waals surface area contributed by atoms with Crippen LogP contribution in [0, 0.1) is 0 Å². The van der Waals surface area contributed by atoms with Gasteiger partial charge in [-0.1, -0.05) is 0 Å². The van der Waals surface area contributed by atoms with Crippen LogP contribution in [0.5, 0.6) is 0 Å². The van der Waals surface area contributed by atoms with Crippen molar-refractivity contribution in [2.24, 2.45) is 0 Å². The van der Waals surface area contributed by atoms with E-state index >= 15 is 0 Å². The second kappa shape index (κ2) is 4.79. The van der Waals surface area contributed by atoms with E-state index in [1.807, 2.05) is 14.1 Å². The third-order valence-corrected chi connectivity index (χ3v) is 4.30. The van der Waals surface area contributed by atoms with Gasteiger partial charge in [-0.15, -0.1) is 0 Å². The standard InChI is InChI=1S/C14H20N4O/c1-17-8-7-12(14(17)19)18(2)13-10-5-3-4-6-11(10)15-9-16-13/h9,12H,3-8H2,1-2H3. The molecule has 0 bridgehead atoms. The molecule has 1 aliphatic carbocycles. The first kappa shape index (κ1) is 12.4. The van der Waals surface area contributed by atoms with Gasteiger partial charge < -0.3 is 9.80 Å². The summed E-state index contributed by atoms with van der Waals surface area (Å²) >= 11 is 0.